The largest absolute Gasteiger partial charge is 0.481 e. The molecule has 0 aliphatic heterocycles. The number of hydrogen-bond acceptors (Lipinski definition) is 4. The fraction of sp³-hybridized carbons (Fsp3) is 0.464. The summed E-state index contributed by atoms with van der Waals surface area (Å²) in [6, 6.07) is 16.3. The second-order valence-electron chi connectivity index (χ2n) is 10.5. The summed E-state index contributed by atoms with van der Waals surface area (Å²) in [4.78, 5) is 39.5. The van der Waals surface area contributed by atoms with Crippen molar-refractivity contribution in [1.29, 1.82) is 0 Å². The SMILES string of the molecule is CC(C)(C)N(CCC(=O)O)C(=O)C1(NC(=O)OCC2c3ccccc3-c3ccccc32)CCCC1. The summed E-state index contributed by atoms with van der Waals surface area (Å²) in [5.41, 5.74) is 2.90. The predicted octanol–water partition coefficient (Wildman–Crippen LogP) is 4.94. The zero-order valence-corrected chi connectivity index (χ0v) is 20.7. The van der Waals surface area contributed by atoms with Gasteiger partial charge in [-0.3, -0.25) is 9.59 Å². The van der Waals surface area contributed by atoms with Crippen LogP contribution in [0.15, 0.2) is 48.5 Å². The first kappa shape index (κ1) is 24.8. The van der Waals surface area contributed by atoms with Crippen molar-refractivity contribution in [3.8, 4) is 11.1 Å². The van der Waals surface area contributed by atoms with Crippen LogP contribution in [0.2, 0.25) is 0 Å². The fourth-order valence-corrected chi connectivity index (χ4v) is 5.41. The molecule has 1 fully saturated rings. The molecule has 7 heteroatoms. The van der Waals surface area contributed by atoms with Crippen LogP contribution in [0.1, 0.15) is 69.9 Å². The average Bonchev–Trinajstić information content (AvgIpc) is 3.40. The molecule has 0 saturated heterocycles. The van der Waals surface area contributed by atoms with Crippen LogP contribution in [0, 0.1) is 0 Å². The number of nitrogens with one attached hydrogen (secondary N) is 1. The molecule has 7 nitrogen and oxygen atoms in total. The lowest BCUT2D eigenvalue weighted by atomic mass is 9.92. The Bertz CT molecular complexity index is 1070. The van der Waals surface area contributed by atoms with E-state index in [1.807, 2.05) is 45.0 Å². The van der Waals surface area contributed by atoms with Gasteiger partial charge in [0.05, 0.1) is 6.42 Å². The maximum atomic E-state index is 13.7. The summed E-state index contributed by atoms with van der Waals surface area (Å²) in [7, 11) is 0. The minimum atomic E-state index is -1.08. The van der Waals surface area contributed by atoms with Crippen molar-refractivity contribution in [1.82, 2.24) is 10.2 Å². The highest BCUT2D eigenvalue weighted by atomic mass is 16.5. The van der Waals surface area contributed by atoms with Crippen molar-refractivity contribution >= 4 is 18.0 Å². The average molecular weight is 479 g/mol. The number of hydrogen-bond donors (Lipinski definition) is 2. The summed E-state index contributed by atoms with van der Waals surface area (Å²) in [6.07, 6.45) is 1.88. The van der Waals surface area contributed by atoms with E-state index in [0.717, 1.165) is 35.1 Å². The van der Waals surface area contributed by atoms with Gasteiger partial charge < -0.3 is 20.1 Å². The number of benzene rings is 2. The Morgan fingerprint density at radius 2 is 1.54 bits per heavy atom. The van der Waals surface area contributed by atoms with Gasteiger partial charge in [0.1, 0.15) is 12.1 Å². The molecule has 35 heavy (non-hydrogen) atoms. The Hall–Kier alpha value is -3.35. The van der Waals surface area contributed by atoms with E-state index in [2.05, 4.69) is 29.6 Å². The monoisotopic (exact) mass is 478 g/mol. The lowest BCUT2D eigenvalue weighted by Gasteiger charge is -2.41. The van der Waals surface area contributed by atoms with Gasteiger partial charge in [0, 0.05) is 18.0 Å². The van der Waals surface area contributed by atoms with Gasteiger partial charge in [-0.05, 0) is 55.9 Å². The van der Waals surface area contributed by atoms with E-state index in [4.69, 9.17) is 4.74 Å². The molecule has 4 rings (SSSR count). The summed E-state index contributed by atoms with van der Waals surface area (Å²) in [6.45, 7) is 5.89. The van der Waals surface area contributed by atoms with Crippen molar-refractivity contribution in [3.63, 3.8) is 0 Å². The molecule has 186 valence electrons. The van der Waals surface area contributed by atoms with E-state index in [1.54, 1.807) is 4.90 Å². The number of rotatable bonds is 7. The quantitative estimate of drug-likeness (QED) is 0.588. The number of fused-ring (bicyclic) bond motifs is 3. The molecule has 2 aliphatic rings. The molecule has 0 bridgehead atoms. The van der Waals surface area contributed by atoms with E-state index in [9.17, 15) is 19.5 Å². The third-order valence-corrected chi connectivity index (χ3v) is 7.16. The van der Waals surface area contributed by atoms with E-state index in [1.165, 1.54) is 0 Å². The molecule has 0 unspecified atom stereocenters. The maximum absolute atomic E-state index is 13.7. The first-order valence-corrected chi connectivity index (χ1v) is 12.3. The van der Waals surface area contributed by atoms with Crippen LogP contribution in [0.4, 0.5) is 4.79 Å². The van der Waals surface area contributed by atoms with Crippen LogP contribution in [0.3, 0.4) is 0 Å². The first-order chi connectivity index (χ1) is 16.6. The number of alkyl carbamates (subject to hydrolysis) is 1. The standard InChI is InChI=1S/C28H34N2O5/c1-27(2,3)30(17-14-24(31)32)25(33)28(15-8-9-16-28)29-26(34)35-18-23-21-12-6-4-10-19(21)20-11-5-7-13-22(20)23/h4-7,10-13,23H,8-9,14-18H2,1-3H3,(H,29,34)(H,31,32). The molecule has 1 saturated carbocycles. The first-order valence-electron chi connectivity index (χ1n) is 12.3. The van der Waals surface area contributed by atoms with Crippen LogP contribution in [0.5, 0.6) is 0 Å². The number of amides is 2. The van der Waals surface area contributed by atoms with Crippen LogP contribution in [0.25, 0.3) is 11.1 Å². The minimum absolute atomic E-state index is 0.0648. The Labute approximate surface area is 206 Å². The van der Waals surface area contributed by atoms with Crippen molar-refractivity contribution in [3.05, 3.63) is 59.7 Å². The highest BCUT2D eigenvalue weighted by Gasteiger charge is 2.47. The number of aliphatic carboxylic acids is 1. The molecular weight excluding hydrogens is 444 g/mol. The molecule has 0 heterocycles. The van der Waals surface area contributed by atoms with Crippen molar-refractivity contribution in [2.75, 3.05) is 13.2 Å². The second kappa shape index (κ2) is 9.72. The molecule has 0 aromatic heterocycles. The topological polar surface area (TPSA) is 95.9 Å². The van der Waals surface area contributed by atoms with E-state index >= 15 is 0 Å². The highest BCUT2D eigenvalue weighted by molar-refractivity contribution is 5.91. The van der Waals surface area contributed by atoms with Gasteiger partial charge in [-0.25, -0.2) is 4.79 Å². The second-order valence-corrected chi connectivity index (χ2v) is 10.5. The summed E-state index contributed by atoms with van der Waals surface area (Å²) in [5.74, 6) is -1.26. The molecular formula is C28H34N2O5. The normalized spacial score (nSPS) is 16.3. The van der Waals surface area contributed by atoms with Crippen molar-refractivity contribution < 1.29 is 24.2 Å². The summed E-state index contributed by atoms with van der Waals surface area (Å²) >= 11 is 0. The van der Waals surface area contributed by atoms with Crippen molar-refractivity contribution in [2.45, 2.75) is 69.9 Å². The van der Waals surface area contributed by atoms with E-state index in [0.29, 0.717) is 12.8 Å². The lowest BCUT2D eigenvalue weighted by molar-refractivity contribution is -0.145. The molecule has 0 atom stereocenters. The zero-order valence-electron chi connectivity index (χ0n) is 20.7. The maximum Gasteiger partial charge on any atom is 0.408 e. The molecule has 2 amide bonds. The van der Waals surface area contributed by atoms with E-state index in [-0.39, 0.29) is 31.4 Å². The van der Waals surface area contributed by atoms with Crippen LogP contribution >= 0.6 is 0 Å². The van der Waals surface area contributed by atoms with Gasteiger partial charge in [-0.2, -0.15) is 0 Å². The third kappa shape index (κ3) is 5.04. The number of carboxylic acids is 1. The number of nitrogens with zero attached hydrogens (tertiary/aromatic N) is 1. The van der Waals surface area contributed by atoms with Gasteiger partial charge in [-0.15, -0.1) is 0 Å². The van der Waals surface area contributed by atoms with Gasteiger partial charge in [0.15, 0.2) is 0 Å². The van der Waals surface area contributed by atoms with E-state index < -0.39 is 23.1 Å². The Kier molecular flexibility index (Phi) is 6.88. The highest BCUT2D eigenvalue weighted by Crippen LogP contribution is 2.44. The number of ether oxygens (including phenoxy) is 1. The lowest BCUT2D eigenvalue weighted by Crippen LogP contribution is -2.62. The number of carbonyl (C=O) groups excluding carboxylic acids is 2. The Morgan fingerprint density at radius 1 is 1.00 bits per heavy atom. The van der Waals surface area contributed by atoms with Gasteiger partial charge in [0.25, 0.3) is 0 Å². The third-order valence-electron chi connectivity index (χ3n) is 7.16. The number of carbonyl (C=O) groups is 3. The minimum Gasteiger partial charge on any atom is -0.481 e. The predicted molar refractivity (Wildman–Crippen MR) is 133 cm³/mol. The van der Waals surface area contributed by atoms with Crippen molar-refractivity contribution in [2.24, 2.45) is 0 Å². The summed E-state index contributed by atoms with van der Waals surface area (Å²) in [5, 5.41) is 12.1. The van der Waals surface area contributed by atoms with Gasteiger partial charge >= 0.3 is 12.1 Å². The van der Waals surface area contributed by atoms with Gasteiger partial charge in [0.2, 0.25) is 5.91 Å². The Balaban J connectivity index is 1.49. The number of carboxylic acid groups (broad SMARTS) is 1. The van der Waals surface area contributed by atoms with Crippen LogP contribution in [-0.4, -0.2) is 52.2 Å². The molecule has 2 N–H and O–H groups in total. The molecule has 2 aromatic rings. The smallest absolute Gasteiger partial charge is 0.408 e. The summed E-state index contributed by atoms with van der Waals surface area (Å²) < 4.78 is 5.73. The van der Waals surface area contributed by atoms with Gasteiger partial charge in [-0.1, -0.05) is 61.4 Å². The van der Waals surface area contributed by atoms with Crippen LogP contribution in [-0.2, 0) is 14.3 Å². The molecule has 0 radical (unpaired) electrons. The zero-order chi connectivity index (χ0) is 25.2. The fourth-order valence-electron chi connectivity index (χ4n) is 5.41. The molecule has 2 aromatic carbocycles. The van der Waals surface area contributed by atoms with Crippen LogP contribution < -0.4 is 5.32 Å². The Morgan fingerprint density at radius 3 is 2.06 bits per heavy atom. The molecule has 2 aliphatic carbocycles. The molecule has 0 spiro atoms.